The molecule has 0 unspecified atom stereocenters. The van der Waals surface area contributed by atoms with Gasteiger partial charge in [0.1, 0.15) is 0 Å². The first-order valence-corrected chi connectivity index (χ1v) is 9.23. The van der Waals surface area contributed by atoms with E-state index in [1.54, 1.807) is 4.57 Å². The molecule has 0 saturated carbocycles. The fourth-order valence-electron chi connectivity index (χ4n) is 2.87. The molecule has 0 aliphatic carbocycles. The van der Waals surface area contributed by atoms with Gasteiger partial charge in [-0.2, -0.15) is 0 Å². The Morgan fingerprint density at radius 2 is 2.04 bits per heavy atom. The molecule has 1 N–H and O–H groups in total. The number of pyridine rings is 1. The van der Waals surface area contributed by atoms with Crippen LogP contribution in [-0.4, -0.2) is 20.9 Å². The number of para-hydroxylation sites is 1. The molecule has 1 aliphatic rings. The van der Waals surface area contributed by atoms with Crippen molar-refractivity contribution >= 4 is 40.7 Å². The van der Waals surface area contributed by atoms with Crippen molar-refractivity contribution in [3.05, 3.63) is 63.4 Å². The van der Waals surface area contributed by atoms with Gasteiger partial charge >= 0.3 is 0 Å². The monoisotopic (exact) mass is 362 g/mol. The maximum atomic E-state index is 10.7. The molecule has 6 heteroatoms. The van der Waals surface area contributed by atoms with Gasteiger partial charge in [-0.05, 0) is 38.1 Å². The average molecular weight is 362 g/mol. The summed E-state index contributed by atoms with van der Waals surface area (Å²) in [5, 5.41) is 10.7. The number of benzene rings is 1. The summed E-state index contributed by atoms with van der Waals surface area (Å²) < 4.78 is 1.79. The van der Waals surface area contributed by atoms with Crippen LogP contribution in [0.3, 0.4) is 0 Å². The topological polar surface area (TPSA) is 62.8 Å². The van der Waals surface area contributed by atoms with E-state index in [1.165, 1.54) is 11.3 Å². The van der Waals surface area contributed by atoms with Crippen LogP contribution in [-0.2, 0) is 6.54 Å². The van der Waals surface area contributed by atoms with Gasteiger partial charge < -0.3 is 5.11 Å². The molecule has 0 saturated heterocycles. The summed E-state index contributed by atoms with van der Waals surface area (Å²) in [4.78, 5) is 14.9. The first-order valence-electron chi connectivity index (χ1n) is 8.42. The summed E-state index contributed by atoms with van der Waals surface area (Å²) in [6, 6.07) is 13.7. The zero-order valence-electron chi connectivity index (χ0n) is 14.5. The molecule has 3 heterocycles. The number of aliphatic imine (C=N–C) groups is 1. The lowest BCUT2D eigenvalue weighted by Crippen LogP contribution is -2.12. The smallest absolute Gasteiger partial charge is 0.211 e. The molecule has 1 aromatic carbocycles. The quantitative estimate of drug-likeness (QED) is 0.747. The Morgan fingerprint density at radius 1 is 1.19 bits per heavy atom. The van der Waals surface area contributed by atoms with E-state index in [2.05, 4.69) is 15.0 Å². The molecule has 0 radical (unpaired) electrons. The van der Waals surface area contributed by atoms with E-state index >= 15 is 0 Å². The number of rotatable bonds is 3. The number of fused-ring (bicyclic) bond motifs is 1. The number of thiazole rings is 1. The Labute approximate surface area is 155 Å². The molecule has 0 spiro atoms. The van der Waals surface area contributed by atoms with Crippen molar-refractivity contribution < 1.29 is 5.11 Å². The predicted octanol–water partition coefficient (Wildman–Crippen LogP) is 4.47. The summed E-state index contributed by atoms with van der Waals surface area (Å²) in [6.45, 7) is 4.55. The van der Waals surface area contributed by atoms with Gasteiger partial charge in [-0.1, -0.05) is 35.6 Å². The van der Waals surface area contributed by atoms with E-state index < -0.39 is 0 Å². The minimum Gasteiger partial charge on any atom is -0.493 e. The SMILES string of the molecule is CCn1c(O)c(/C=C2\C=Nc3ccccc32)s/c1=N/c1cccc(C)n1. The van der Waals surface area contributed by atoms with Crippen molar-refractivity contribution in [2.24, 2.45) is 9.98 Å². The normalized spacial score (nSPS) is 15.0. The number of aromatic hydroxyl groups is 1. The van der Waals surface area contributed by atoms with Gasteiger partial charge in [0.25, 0.3) is 0 Å². The molecule has 4 rings (SSSR count). The molecule has 0 fully saturated rings. The van der Waals surface area contributed by atoms with E-state index in [-0.39, 0.29) is 5.88 Å². The number of hydrogen-bond donors (Lipinski definition) is 1. The number of allylic oxidation sites excluding steroid dienone is 1. The highest BCUT2D eigenvalue weighted by atomic mass is 32.1. The van der Waals surface area contributed by atoms with Crippen LogP contribution in [0.25, 0.3) is 11.6 Å². The number of nitrogens with zero attached hydrogens (tertiary/aromatic N) is 4. The van der Waals surface area contributed by atoms with E-state index in [0.717, 1.165) is 32.2 Å². The van der Waals surface area contributed by atoms with Crippen molar-refractivity contribution in [2.75, 3.05) is 0 Å². The standard InChI is InChI=1S/C20H18N4OS/c1-3-24-19(25)17(11-14-12-21-16-9-5-4-8-15(14)16)26-20(24)23-18-10-6-7-13(2)22-18/h4-12,25H,3H2,1-2H3/b14-11+,23-20+. The summed E-state index contributed by atoms with van der Waals surface area (Å²) in [5.74, 6) is 0.856. The van der Waals surface area contributed by atoms with E-state index in [9.17, 15) is 5.11 Å². The highest BCUT2D eigenvalue weighted by Gasteiger charge is 2.15. The van der Waals surface area contributed by atoms with Gasteiger partial charge in [0.2, 0.25) is 5.88 Å². The molecule has 1 aliphatic heterocycles. The lowest BCUT2D eigenvalue weighted by atomic mass is 10.1. The van der Waals surface area contributed by atoms with Crippen LogP contribution in [0.2, 0.25) is 0 Å². The Morgan fingerprint density at radius 3 is 2.85 bits per heavy atom. The maximum absolute atomic E-state index is 10.7. The van der Waals surface area contributed by atoms with Crippen LogP contribution in [0.15, 0.2) is 52.4 Å². The van der Waals surface area contributed by atoms with Crippen molar-refractivity contribution in [2.45, 2.75) is 20.4 Å². The third kappa shape index (κ3) is 2.99. The van der Waals surface area contributed by atoms with Crippen LogP contribution >= 0.6 is 11.3 Å². The molecule has 130 valence electrons. The zero-order chi connectivity index (χ0) is 18.1. The van der Waals surface area contributed by atoms with Crippen molar-refractivity contribution in [1.29, 1.82) is 0 Å². The van der Waals surface area contributed by atoms with Gasteiger partial charge in [0.05, 0.1) is 10.6 Å². The molecule has 0 bridgehead atoms. The largest absolute Gasteiger partial charge is 0.493 e. The van der Waals surface area contributed by atoms with Gasteiger partial charge in [-0.3, -0.25) is 9.56 Å². The Hall–Kier alpha value is -2.99. The molecular weight excluding hydrogens is 344 g/mol. The van der Waals surface area contributed by atoms with E-state index in [4.69, 9.17) is 0 Å². The Balaban J connectivity index is 1.81. The lowest BCUT2D eigenvalue weighted by molar-refractivity contribution is 0.416. The van der Waals surface area contributed by atoms with Gasteiger partial charge in [0, 0.05) is 29.6 Å². The number of hydrogen-bond acceptors (Lipinski definition) is 5. The van der Waals surface area contributed by atoms with E-state index in [1.807, 2.05) is 68.6 Å². The molecule has 26 heavy (non-hydrogen) atoms. The molecule has 2 aromatic heterocycles. The van der Waals surface area contributed by atoms with Crippen LogP contribution in [0.5, 0.6) is 5.88 Å². The number of aryl methyl sites for hydroxylation is 1. The summed E-state index contributed by atoms with van der Waals surface area (Å²) in [6.07, 6.45) is 3.79. The van der Waals surface area contributed by atoms with Crippen molar-refractivity contribution in [1.82, 2.24) is 9.55 Å². The number of aromatic nitrogens is 2. The average Bonchev–Trinajstić information content (AvgIpc) is 3.17. The summed E-state index contributed by atoms with van der Waals surface area (Å²) in [7, 11) is 0. The molecule has 0 amide bonds. The van der Waals surface area contributed by atoms with E-state index in [0.29, 0.717) is 12.4 Å². The second-order valence-corrected chi connectivity index (χ2v) is 6.95. The second-order valence-electron chi connectivity index (χ2n) is 5.94. The third-order valence-corrected chi connectivity index (χ3v) is 5.17. The minimum absolute atomic E-state index is 0.217. The first-order chi connectivity index (χ1) is 12.7. The fourth-order valence-corrected chi connectivity index (χ4v) is 3.92. The minimum atomic E-state index is 0.217. The zero-order valence-corrected chi connectivity index (χ0v) is 15.4. The van der Waals surface area contributed by atoms with Crippen LogP contribution in [0.4, 0.5) is 11.5 Å². The lowest BCUT2D eigenvalue weighted by Gasteiger charge is -2.01. The highest BCUT2D eigenvalue weighted by Crippen LogP contribution is 2.34. The van der Waals surface area contributed by atoms with Crippen molar-refractivity contribution in [3.63, 3.8) is 0 Å². The van der Waals surface area contributed by atoms with Crippen LogP contribution < -0.4 is 4.80 Å². The summed E-state index contributed by atoms with van der Waals surface area (Å²) >= 11 is 1.44. The first kappa shape index (κ1) is 16.5. The predicted molar refractivity (Wildman–Crippen MR) is 106 cm³/mol. The van der Waals surface area contributed by atoms with Crippen molar-refractivity contribution in [3.8, 4) is 5.88 Å². The van der Waals surface area contributed by atoms with Gasteiger partial charge in [-0.15, -0.1) is 0 Å². The second kappa shape index (κ2) is 6.72. The summed E-state index contributed by atoms with van der Waals surface area (Å²) in [5.41, 5.74) is 3.92. The maximum Gasteiger partial charge on any atom is 0.211 e. The Bertz CT molecular complexity index is 1100. The highest BCUT2D eigenvalue weighted by molar-refractivity contribution is 7.10. The Kier molecular flexibility index (Phi) is 4.26. The fraction of sp³-hybridized carbons (Fsp3) is 0.150. The van der Waals surface area contributed by atoms with Gasteiger partial charge in [0.15, 0.2) is 10.6 Å². The third-order valence-electron chi connectivity index (χ3n) is 4.15. The molecule has 3 aromatic rings. The molecule has 5 nitrogen and oxygen atoms in total. The van der Waals surface area contributed by atoms with Crippen LogP contribution in [0.1, 0.15) is 23.1 Å². The molecule has 0 atom stereocenters. The molecular formula is C20H18N4OS. The van der Waals surface area contributed by atoms with Gasteiger partial charge in [-0.25, -0.2) is 9.98 Å². The van der Waals surface area contributed by atoms with Crippen LogP contribution in [0, 0.1) is 6.92 Å².